The molecule has 1 N–H and O–H groups in total. The topological polar surface area (TPSA) is 72.2 Å². The number of rotatable bonds is 3. The molecule has 0 atom stereocenters. The Balaban J connectivity index is 2.23. The lowest BCUT2D eigenvalue weighted by Crippen LogP contribution is -2.12. The molecule has 0 heterocycles. The van der Waals surface area contributed by atoms with Crippen LogP contribution in [0.15, 0.2) is 51.4 Å². The Morgan fingerprint density at radius 3 is 2.35 bits per heavy atom. The summed E-state index contributed by atoms with van der Waals surface area (Å²) in [7, 11) is 0. The summed E-state index contributed by atoms with van der Waals surface area (Å²) < 4.78 is 1.23. The molecule has 0 aromatic heterocycles. The highest BCUT2D eigenvalue weighted by molar-refractivity contribution is 9.10. The summed E-state index contributed by atoms with van der Waals surface area (Å²) in [4.78, 5) is 22.3. The molecular weight excluding hydrogens is 392 g/mol. The summed E-state index contributed by atoms with van der Waals surface area (Å²) in [6.07, 6.45) is 0. The number of carbonyl (C=O) groups excluding carboxylic acids is 1. The molecule has 102 valence electrons. The van der Waals surface area contributed by atoms with Crippen molar-refractivity contribution in [2.75, 3.05) is 5.32 Å². The van der Waals surface area contributed by atoms with E-state index < -0.39 is 10.8 Å². The van der Waals surface area contributed by atoms with Crippen molar-refractivity contribution in [2.24, 2.45) is 0 Å². The van der Waals surface area contributed by atoms with Gasteiger partial charge in [-0.1, -0.05) is 15.9 Å². The van der Waals surface area contributed by atoms with Crippen molar-refractivity contribution in [3.63, 3.8) is 0 Å². The number of benzene rings is 2. The Kier molecular flexibility index (Phi) is 4.51. The number of nitrogens with zero attached hydrogens (tertiary/aromatic N) is 1. The third-order valence-corrected chi connectivity index (χ3v) is 3.71. The third kappa shape index (κ3) is 3.43. The molecule has 0 spiro atoms. The van der Waals surface area contributed by atoms with Crippen LogP contribution in [0, 0.1) is 10.1 Å². The van der Waals surface area contributed by atoms with Crippen LogP contribution >= 0.6 is 31.9 Å². The van der Waals surface area contributed by atoms with Crippen molar-refractivity contribution in [2.45, 2.75) is 0 Å². The molecule has 5 nitrogen and oxygen atoms in total. The first-order valence-corrected chi connectivity index (χ1v) is 7.07. The van der Waals surface area contributed by atoms with E-state index in [4.69, 9.17) is 0 Å². The molecule has 0 fully saturated rings. The predicted octanol–water partition coefficient (Wildman–Crippen LogP) is 4.37. The van der Waals surface area contributed by atoms with Gasteiger partial charge in [0.05, 0.1) is 9.40 Å². The fraction of sp³-hybridized carbons (Fsp3) is 0. The van der Waals surface area contributed by atoms with Crippen LogP contribution in [0.3, 0.4) is 0 Å². The summed E-state index contributed by atoms with van der Waals surface area (Å²) in [5, 5.41) is 13.5. The second kappa shape index (κ2) is 6.15. The van der Waals surface area contributed by atoms with E-state index in [1.807, 2.05) is 0 Å². The van der Waals surface area contributed by atoms with Gasteiger partial charge in [0.2, 0.25) is 0 Å². The van der Waals surface area contributed by atoms with Gasteiger partial charge < -0.3 is 5.32 Å². The molecular formula is C13H8Br2N2O3. The molecule has 2 rings (SSSR count). The van der Waals surface area contributed by atoms with Crippen LogP contribution in [0.1, 0.15) is 10.4 Å². The van der Waals surface area contributed by atoms with E-state index in [9.17, 15) is 14.9 Å². The second-order valence-corrected chi connectivity index (χ2v) is 5.65. The zero-order valence-corrected chi connectivity index (χ0v) is 13.1. The average Bonchev–Trinajstić information content (AvgIpc) is 2.41. The van der Waals surface area contributed by atoms with Gasteiger partial charge in [0, 0.05) is 21.8 Å². The Labute approximate surface area is 131 Å². The lowest BCUT2D eigenvalue weighted by atomic mass is 10.2. The number of carbonyl (C=O) groups is 1. The molecule has 0 unspecified atom stereocenters. The minimum absolute atomic E-state index is 0.145. The number of anilines is 1. The van der Waals surface area contributed by atoms with E-state index in [2.05, 4.69) is 37.2 Å². The summed E-state index contributed by atoms with van der Waals surface area (Å²) in [5.74, 6) is -0.400. The first-order valence-electron chi connectivity index (χ1n) is 5.48. The number of amides is 1. The normalized spacial score (nSPS) is 10.1. The number of halogens is 2. The van der Waals surface area contributed by atoms with E-state index in [1.165, 1.54) is 18.2 Å². The molecule has 1 amide bonds. The molecule has 7 heteroatoms. The zero-order chi connectivity index (χ0) is 14.7. The number of hydrogen-bond acceptors (Lipinski definition) is 3. The highest BCUT2D eigenvalue weighted by Crippen LogP contribution is 2.26. The minimum Gasteiger partial charge on any atom is -0.322 e. The van der Waals surface area contributed by atoms with E-state index in [-0.39, 0.29) is 11.3 Å². The van der Waals surface area contributed by atoms with Crippen molar-refractivity contribution in [3.05, 3.63) is 67.1 Å². The van der Waals surface area contributed by atoms with E-state index in [0.29, 0.717) is 10.2 Å². The summed E-state index contributed by atoms with van der Waals surface area (Å²) in [6.45, 7) is 0. The highest BCUT2D eigenvalue weighted by Gasteiger charge is 2.16. The van der Waals surface area contributed by atoms with Crippen LogP contribution in [0.5, 0.6) is 0 Å². The van der Waals surface area contributed by atoms with Crippen LogP contribution < -0.4 is 5.32 Å². The minimum atomic E-state index is -0.541. The summed E-state index contributed by atoms with van der Waals surface area (Å²) in [5.41, 5.74) is 0.694. The van der Waals surface area contributed by atoms with Gasteiger partial charge in [-0.3, -0.25) is 14.9 Å². The summed E-state index contributed by atoms with van der Waals surface area (Å²) >= 11 is 6.37. The standard InChI is InChI=1S/C13H8Br2N2O3/c14-9-2-4-10(5-3-9)16-13(18)8-1-6-11(15)12(7-8)17(19)20/h1-7H,(H,16,18). The molecule has 0 radical (unpaired) electrons. The largest absolute Gasteiger partial charge is 0.322 e. The Hall–Kier alpha value is -1.73. The van der Waals surface area contributed by atoms with E-state index in [1.54, 1.807) is 24.3 Å². The summed E-state index contributed by atoms with van der Waals surface area (Å²) in [6, 6.07) is 11.3. The molecule has 0 aliphatic rings. The predicted molar refractivity (Wildman–Crippen MR) is 82.9 cm³/mol. The first-order chi connectivity index (χ1) is 9.47. The maximum Gasteiger partial charge on any atom is 0.284 e. The number of nitrogens with one attached hydrogen (secondary N) is 1. The van der Waals surface area contributed by atoms with Gasteiger partial charge in [0.25, 0.3) is 11.6 Å². The Morgan fingerprint density at radius 2 is 1.75 bits per heavy atom. The lowest BCUT2D eigenvalue weighted by molar-refractivity contribution is -0.385. The second-order valence-electron chi connectivity index (χ2n) is 3.88. The van der Waals surface area contributed by atoms with Gasteiger partial charge >= 0.3 is 0 Å². The van der Waals surface area contributed by atoms with Crippen molar-refractivity contribution in [1.29, 1.82) is 0 Å². The van der Waals surface area contributed by atoms with Crippen LogP contribution in [0.2, 0.25) is 0 Å². The SMILES string of the molecule is O=C(Nc1ccc(Br)cc1)c1ccc(Br)c([N+](=O)[O-])c1. The van der Waals surface area contributed by atoms with Crippen molar-refractivity contribution in [1.82, 2.24) is 0 Å². The number of nitro benzene ring substituents is 1. The first kappa shape index (κ1) is 14.7. The number of hydrogen-bond donors (Lipinski definition) is 1. The van der Waals surface area contributed by atoms with E-state index in [0.717, 1.165) is 4.47 Å². The zero-order valence-electron chi connectivity index (χ0n) is 9.97. The fourth-order valence-corrected chi connectivity index (χ4v) is 2.19. The average molecular weight is 400 g/mol. The maximum absolute atomic E-state index is 12.0. The molecule has 20 heavy (non-hydrogen) atoms. The van der Waals surface area contributed by atoms with Gasteiger partial charge in [0.15, 0.2) is 0 Å². The molecule has 0 bridgehead atoms. The molecule has 2 aromatic carbocycles. The highest BCUT2D eigenvalue weighted by atomic mass is 79.9. The van der Waals surface area contributed by atoms with Gasteiger partial charge in [-0.05, 0) is 52.3 Å². The van der Waals surface area contributed by atoms with Crippen molar-refractivity contribution >= 4 is 49.1 Å². The quantitative estimate of drug-likeness (QED) is 0.615. The van der Waals surface area contributed by atoms with Crippen molar-refractivity contribution < 1.29 is 9.72 Å². The van der Waals surface area contributed by atoms with E-state index >= 15 is 0 Å². The van der Waals surface area contributed by atoms with Crippen LogP contribution in [0.4, 0.5) is 11.4 Å². The van der Waals surface area contributed by atoms with Gasteiger partial charge in [-0.2, -0.15) is 0 Å². The fourth-order valence-electron chi connectivity index (χ4n) is 1.53. The molecule has 2 aromatic rings. The monoisotopic (exact) mass is 398 g/mol. The van der Waals surface area contributed by atoms with Gasteiger partial charge in [-0.25, -0.2) is 0 Å². The van der Waals surface area contributed by atoms with Crippen LogP contribution in [-0.2, 0) is 0 Å². The van der Waals surface area contributed by atoms with Crippen molar-refractivity contribution in [3.8, 4) is 0 Å². The lowest BCUT2D eigenvalue weighted by Gasteiger charge is -2.05. The Bertz CT molecular complexity index is 672. The molecule has 0 aliphatic carbocycles. The van der Waals surface area contributed by atoms with Gasteiger partial charge in [-0.15, -0.1) is 0 Å². The Morgan fingerprint density at radius 1 is 1.10 bits per heavy atom. The van der Waals surface area contributed by atoms with Crippen LogP contribution in [-0.4, -0.2) is 10.8 Å². The third-order valence-electron chi connectivity index (χ3n) is 2.51. The molecule has 0 saturated heterocycles. The smallest absolute Gasteiger partial charge is 0.284 e. The maximum atomic E-state index is 12.0. The van der Waals surface area contributed by atoms with Crippen LogP contribution in [0.25, 0.3) is 0 Å². The molecule has 0 aliphatic heterocycles. The molecule has 0 saturated carbocycles. The van der Waals surface area contributed by atoms with Gasteiger partial charge in [0.1, 0.15) is 0 Å². The number of nitro groups is 1.